The van der Waals surface area contributed by atoms with Crippen LogP contribution in [0.15, 0.2) is 47.3 Å². The first-order valence-electron chi connectivity index (χ1n) is 14.2. The summed E-state index contributed by atoms with van der Waals surface area (Å²) in [5.41, 5.74) is 3.73. The number of hydrogen-bond acceptors (Lipinski definition) is 5. The van der Waals surface area contributed by atoms with Crippen LogP contribution < -0.4 is 11.3 Å². The third-order valence-corrected chi connectivity index (χ3v) is 7.54. The molecule has 0 aliphatic heterocycles. The zero-order valence-corrected chi connectivity index (χ0v) is 23.6. The molecule has 224 valence electrons. The topological polar surface area (TPSA) is 91.4 Å². The normalized spacial score (nSPS) is 14.4. The predicted octanol–water partition coefficient (Wildman–Crippen LogP) is 6.68. The fraction of sp³-hybridized carbons (Fsp3) is 0.406. The fourth-order valence-corrected chi connectivity index (χ4v) is 5.49. The maximum Gasteiger partial charge on any atom is 0.309 e. The van der Waals surface area contributed by atoms with Crippen LogP contribution >= 0.6 is 0 Å². The number of rotatable bonds is 11. The second-order valence-electron chi connectivity index (χ2n) is 11.2. The number of esters is 1. The van der Waals surface area contributed by atoms with Crippen molar-refractivity contribution < 1.29 is 31.9 Å². The van der Waals surface area contributed by atoms with Gasteiger partial charge in [-0.15, -0.1) is 0 Å². The van der Waals surface area contributed by atoms with Crippen molar-refractivity contribution in [2.75, 3.05) is 5.73 Å². The molecule has 0 saturated heterocycles. The summed E-state index contributed by atoms with van der Waals surface area (Å²) in [6.45, 7) is 4.04. The van der Waals surface area contributed by atoms with Gasteiger partial charge in [0.1, 0.15) is 29.2 Å². The van der Waals surface area contributed by atoms with Crippen LogP contribution in [0.4, 0.5) is 23.4 Å². The minimum absolute atomic E-state index is 0.0396. The minimum Gasteiger partial charge on any atom is -0.462 e. The Bertz CT molecular complexity index is 1510. The number of aromatic nitrogens is 1. The van der Waals surface area contributed by atoms with E-state index in [0.717, 1.165) is 62.1 Å². The third kappa shape index (κ3) is 7.09. The van der Waals surface area contributed by atoms with Gasteiger partial charge in [0.2, 0.25) is 0 Å². The number of pyridine rings is 1. The summed E-state index contributed by atoms with van der Waals surface area (Å²) in [6, 6.07) is 6.37. The van der Waals surface area contributed by atoms with Crippen molar-refractivity contribution in [1.29, 1.82) is 0 Å². The van der Waals surface area contributed by atoms with Crippen molar-refractivity contribution >= 4 is 17.6 Å². The minimum atomic E-state index is -1.15. The Hall–Kier alpha value is -3.95. The van der Waals surface area contributed by atoms with E-state index < -0.39 is 51.7 Å². The second kappa shape index (κ2) is 13.4. The van der Waals surface area contributed by atoms with Crippen LogP contribution in [-0.2, 0) is 16.0 Å². The van der Waals surface area contributed by atoms with Crippen molar-refractivity contribution in [3.63, 3.8) is 0 Å². The van der Waals surface area contributed by atoms with Crippen molar-refractivity contribution in [1.82, 2.24) is 4.57 Å². The Morgan fingerprint density at radius 1 is 0.952 bits per heavy atom. The monoisotopic (exact) mass is 586 g/mol. The lowest BCUT2D eigenvalue weighted by Gasteiger charge is -2.20. The molecule has 1 heterocycles. The summed E-state index contributed by atoms with van der Waals surface area (Å²) >= 11 is 0. The smallest absolute Gasteiger partial charge is 0.309 e. The fourth-order valence-electron chi connectivity index (χ4n) is 5.49. The van der Waals surface area contributed by atoms with Crippen molar-refractivity contribution in [3.05, 3.63) is 92.8 Å². The van der Waals surface area contributed by atoms with Gasteiger partial charge < -0.3 is 10.5 Å². The largest absolute Gasteiger partial charge is 0.462 e. The Kier molecular flexibility index (Phi) is 9.85. The van der Waals surface area contributed by atoms with Crippen LogP contribution in [0, 0.1) is 35.1 Å². The molecule has 6 nitrogen and oxygen atoms in total. The van der Waals surface area contributed by atoms with E-state index in [0.29, 0.717) is 35.5 Å². The quantitative estimate of drug-likeness (QED) is 0.154. The number of ether oxygens (including phenoxy) is 1. The van der Waals surface area contributed by atoms with Gasteiger partial charge >= 0.3 is 5.97 Å². The van der Waals surface area contributed by atoms with E-state index >= 15 is 8.78 Å². The number of carbonyl (C=O) groups excluding carboxylic acids is 2. The third-order valence-electron chi connectivity index (χ3n) is 7.54. The molecular weight excluding hydrogens is 552 g/mol. The van der Waals surface area contributed by atoms with Crippen LogP contribution in [0.3, 0.4) is 0 Å². The molecule has 0 unspecified atom stereocenters. The van der Waals surface area contributed by atoms with Crippen LogP contribution in [0.2, 0.25) is 0 Å². The summed E-state index contributed by atoms with van der Waals surface area (Å²) in [4.78, 5) is 38.4. The molecule has 1 saturated carbocycles. The predicted molar refractivity (Wildman–Crippen MR) is 150 cm³/mol. The number of nitrogens with zero attached hydrogens (tertiary/aromatic N) is 1. The molecule has 0 amide bonds. The number of benzene rings is 2. The highest BCUT2D eigenvalue weighted by molar-refractivity contribution is 6.11. The number of halogens is 4. The highest BCUT2D eigenvalue weighted by Gasteiger charge is 2.27. The Morgan fingerprint density at radius 3 is 2.21 bits per heavy atom. The summed E-state index contributed by atoms with van der Waals surface area (Å²) in [5, 5.41) is 0. The SMILES string of the molecule is CC(C)C[C@H](CCCc1cc(F)c(-n2c(N)c(C(=O)c3ccc(F)cc3F)ccc2=O)c(F)c1)C(=O)OC1CCCC1. The van der Waals surface area contributed by atoms with Gasteiger partial charge in [-0.2, -0.15) is 0 Å². The molecule has 0 radical (unpaired) electrons. The number of ketones is 1. The zero-order valence-electron chi connectivity index (χ0n) is 23.6. The number of nitrogens with two attached hydrogens (primary N) is 1. The molecule has 1 atom stereocenters. The van der Waals surface area contributed by atoms with Gasteiger partial charge in [0, 0.05) is 12.1 Å². The van der Waals surface area contributed by atoms with Gasteiger partial charge in [0.05, 0.1) is 17.0 Å². The van der Waals surface area contributed by atoms with Gasteiger partial charge in [0.15, 0.2) is 17.4 Å². The molecule has 1 fully saturated rings. The van der Waals surface area contributed by atoms with E-state index in [1.165, 1.54) is 0 Å². The number of aryl methyl sites for hydroxylation is 1. The van der Waals surface area contributed by atoms with Crippen molar-refractivity contribution in [3.8, 4) is 5.69 Å². The van der Waals surface area contributed by atoms with Crippen LogP contribution in [0.1, 0.15) is 80.3 Å². The Labute approximate surface area is 241 Å². The first kappa shape index (κ1) is 31.0. The Morgan fingerprint density at radius 2 is 1.60 bits per heavy atom. The molecule has 1 aliphatic rings. The molecular formula is C32H34F4N2O4. The molecule has 2 N–H and O–H groups in total. The van der Waals surface area contributed by atoms with Crippen molar-refractivity contribution in [2.45, 2.75) is 71.3 Å². The molecule has 4 rings (SSSR count). The number of hydrogen-bond donors (Lipinski definition) is 1. The summed E-state index contributed by atoms with van der Waals surface area (Å²) in [5.74, 6) is -6.08. The van der Waals surface area contributed by atoms with E-state index in [1.807, 2.05) is 13.8 Å². The van der Waals surface area contributed by atoms with E-state index in [4.69, 9.17) is 10.5 Å². The van der Waals surface area contributed by atoms with Crippen LogP contribution in [0.5, 0.6) is 0 Å². The summed E-state index contributed by atoms with van der Waals surface area (Å²) in [7, 11) is 0. The molecule has 10 heteroatoms. The zero-order chi connectivity index (χ0) is 30.6. The van der Waals surface area contributed by atoms with Crippen molar-refractivity contribution in [2.24, 2.45) is 11.8 Å². The molecule has 1 aromatic heterocycles. The molecule has 0 bridgehead atoms. The maximum atomic E-state index is 15.3. The summed E-state index contributed by atoms with van der Waals surface area (Å²) < 4.78 is 64.4. The van der Waals surface area contributed by atoms with E-state index in [-0.39, 0.29) is 35.9 Å². The summed E-state index contributed by atoms with van der Waals surface area (Å²) in [6.07, 6.45) is 5.68. The maximum absolute atomic E-state index is 15.3. The number of anilines is 1. The molecule has 42 heavy (non-hydrogen) atoms. The van der Waals surface area contributed by atoms with Crippen LogP contribution in [-0.4, -0.2) is 22.4 Å². The lowest BCUT2D eigenvalue weighted by Crippen LogP contribution is -2.25. The second-order valence-corrected chi connectivity index (χ2v) is 11.2. The van der Waals surface area contributed by atoms with Gasteiger partial charge in [-0.1, -0.05) is 13.8 Å². The van der Waals surface area contributed by atoms with Gasteiger partial charge in [-0.3, -0.25) is 19.0 Å². The standard InChI is InChI=1S/C32H34F4N2O4/c1-18(2)14-20(32(41)42-22-8-3-4-9-22)7-5-6-19-15-26(35)29(27(36)16-19)38-28(39)13-12-24(31(38)37)30(40)23-11-10-21(33)17-25(23)34/h10-13,15-18,20,22H,3-9,14,37H2,1-2H3/t20-/m0/s1. The highest BCUT2D eigenvalue weighted by Crippen LogP contribution is 2.28. The number of nitrogen functional groups attached to an aromatic ring is 1. The van der Waals surface area contributed by atoms with Crippen LogP contribution in [0.25, 0.3) is 5.69 Å². The molecule has 2 aromatic carbocycles. The first-order valence-corrected chi connectivity index (χ1v) is 14.2. The average molecular weight is 587 g/mol. The van der Waals surface area contributed by atoms with Gasteiger partial charge in [-0.25, -0.2) is 17.6 Å². The average Bonchev–Trinajstić information content (AvgIpc) is 3.42. The lowest BCUT2D eigenvalue weighted by atomic mass is 9.91. The van der Waals surface area contributed by atoms with E-state index in [9.17, 15) is 23.2 Å². The first-order chi connectivity index (χ1) is 20.0. The Balaban J connectivity index is 1.53. The molecule has 3 aromatic rings. The van der Waals surface area contributed by atoms with Gasteiger partial charge in [0.25, 0.3) is 5.56 Å². The van der Waals surface area contributed by atoms with E-state index in [1.54, 1.807) is 0 Å². The molecule has 0 spiro atoms. The molecule has 1 aliphatic carbocycles. The van der Waals surface area contributed by atoms with Gasteiger partial charge in [-0.05, 0) is 93.2 Å². The highest BCUT2D eigenvalue weighted by atomic mass is 19.1. The number of carbonyl (C=O) groups is 2. The van der Waals surface area contributed by atoms with E-state index in [2.05, 4.69) is 0 Å². The lowest BCUT2D eigenvalue weighted by molar-refractivity contribution is -0.154.